The lowest BCUT2D eigenvalue weighted by Gasteiger charge is -2.32. The van der Waals surface area contributed by atoms with Crippen molar-refractivity contribution < 1.29 is 19.4 Å². The second-order valence-electron chi connectivity index (χ2n) is 6.46. The average molecular weight is 376 g/mol. The van der Waals surface area contributed by atoms with Crippen LogP contribution in [-0.2, 0) is 9.53 Å². The molecule has 1 heterocycles. The van der Waals surface area contributed by atoms with E-state index in [1.54, 1.807) is 30.5 Å². The Kier molecular flexibility index (Phi) is 5.57. The highest BCUT2D eigenvalue weighted by Gasteiger charge is 2.49. The third-order valence-electron chi connectivity index (χ3n) is 4.84. The molecule has 1 aromatic heterocycles. The summed E-state index contributed by atoms with van der Waals surface area (Å²) in [6.07, 6.45) is 1.62. The highest BCUT2D eigenvalue weighted by atomic mass is 16.5. The summed E-state index contributed by atoms with van der Waals surface area (Å²) in [6, 6.07) is 18.5. The number of pyridine rings is 1. The van der Waals surface area contributed by atoms with Crippen LogP contribution in [0.5, 0.6) is 5.75 Å². The summed E-state index contributed by atoms with van der Waals surface area (Å²) in [5.74, 6) is -1.61. The number of fused-ring (bicyclic) bond motifs is 1. The predicted molar refractivity (Wildman–Crippen MR) is 104 cm³/mol. The molecule has 1 N–H and O–H groups in total. The van der Waals surface area contributed by atoms with E-state index in [0.29, 0.717) is 16.9 Å². The van der Waals surface area contributed by atoms with Crippen molar-refractivity contribution in [2.24, 2.45) is 5.41 Å². The lowest BCUT2D eigenvalue weighted by molar-refractivity contribution is -0.149. The molecule has 0 aliphatic heterocycles. The van der Waals surface area contributed by atoms with Crippen LogP contribution in [0.15, 0.2) is 60.8 Å². The topological polar surface area (TPSA) is 92.4 Å². The Bertz CT molecular complexity index is 1040. The summed E-state index contributed by atoms with van der Waals surface area (Å²) in [5, 5.41) is 20.9. The molecule has 2 aromatic carbocycles. The van der Waals surface area contributed by atoms with Crippen LogP contribution >= 0.6 is 0 Å². The number of ether oxygens (including phenoxy) is 2. The minimum atomic E-state index is -1.85. The molecule has 3 aromatic rings. The van der Waals surface area contributed by atoms with Crippen LogP contribution in [0.2, 0.25) is 0 Å². The Morgan fingerprint density at radius 2 is 1.93 bits per heavy atom. The lowest BCUT2D eigenvalue weighted by Crippen LogP contribution is -2.41. The molecule has 6 heteroatoms. The maximum atomic E-state index is 12.3. The van der Waals surface area contributed by atoms with Gasteiger partial charge in [0.25, 0.3) is 0 Å². The van der Waals surface area contributed by atoms with Crippen molar-refractivity contribution in [1.82, 2.24) is 4.98 Å². The van der Waals surface area contributed by atoms with E-state index in [9.17, 15) is 15.2 Å². The van der Waals surface area contributed by atoms with E-state index >= 15 is 0 Å². The first-order valence-corrected chi connectivity index (χ1v) is 8.68. The van der Waals surface area contributed by atoms with E-state index in [0.717, 1.165) is 10.9 Å². The summed E-state index contributed by atoms with van der Waals surface area (Å²) in [6.45, 7) is -0.283. The molecule has 28 heavy (non-hydrogen) atoms. The van der Waals surface area contributed by atoms with Gasteiger partial charge in [-0.05, 0) is 23.8 Å². The normalized spacial score (nSPS) is 14.0. The maximum absolute atomic E-state index is 12.3. The van der Waals surface area contributed by atoms with Crippen LogP contribution in [0.4, 0.5) is 0 Å². The largest absolute Gasteiger partial charge is 0.496 e. The SMILES string of the molecule is COC[C@](C#N)(C(=O)O)[C@H](c1cnc2ccccc2c1)c1ccccc1OC. The van der Waals surface area contributed by atoms with Crippen molar-refractivity contribution >= 4 is 16.9 Å². The lowest BCUT2D eigenvalue weighted by atomic mass is 9.70. The van der Waals surface area contributed by atoms with Crippen molar-refractivity contribution in [1.29, 1.82) is 5.26 Å². The number of benzene rings is 2. The zero-order valence-corrected chi connectivity index (χ0v) is 15.6. The highest BCUT2D eigenvalue weighted by molar-refractivity contribution is 5.83. The number of hydrogen-bond acceptors (Lipinski definition) is 5. The number of carboxylic acids is 1. The molecule has 2 atom stereocenters. The molecule has 0 aliphatic rings. The number of rotatable bonds is 7. The van der Waals surface area contributed by atoms with Crippen LogP contribution in [0.3, 0.4) is 0 Å². The molecule has 0 radical (unpaired) electrons. The van der Waals surface area contributed by atoms with Gasteiger partial charge in [-0.15, -0.1) is 0 Å². The van der Waals surface area contributed by atoms with Crippen LogP contribution in [0.1, 0.15) is 17.0 Å². The zero-order valence-electron chi connectivity index (χ0n) is 15.6. The average Bonchev–Trinajstić information content (AvgIpc) is 2.73. The molecule has 3 rings (SSSR count). The van der Waals surface area contributed by atoms with Crippen LogP contribution < -0.4 is 4.74 Å². The second-order valence-corrected chi connectivity index (χ2v) is 6.46. The number of carboxylic acid groups (broad SMARTS) is 1. The summed E-state index contributed by atoms with van der Waals surface area (Å²) in [7, 11) is 2.90. The molecule has 0 unspecified atom stereocenters. The van der Waals surface area contributed by atoms with Crippen LogP contribution in [0.25, 0.3) is 10.9 Å². The minimum Gasteiger partial charge on any atom is -0.496 e. The van der Waals surface area contributed by atoms with Gasteiger partial charge in [0, 0.05) is 30.2 Å². The molecule has 0 bridgehead atoms. The molecule has 0 saturated carbocycles. The Labute approximate surface area is 163 Å². The first kappa shape index (κ1) is 19.3. The van der Waals surface area contributed by atoms with Gasteiger partial charge in [-0.1, -0.05) is 36.4 Å². The Morgan fingerprint density at radius 3 is 2.61 bits per heavy atom. The molecular weight excluding hydrogens is 356 g/mol. The fraction of sp³-hybridized carbons (Fsp3) is 0.227. The molecule has 0 saturated heterocycles. The first-order valence-electron chi connectivity index (χ1n) is 8.68. The smallest absolute Gasteiger partial charge is 0.327 e. The van der Waals surface area contributed by atoms with E-state index in [1.165, 1.54) is 14.2 Å². The molecule has 0 amide bonds. The standard InChI is InChI=1S/C22H20N2O4/c1-27-14-22(13-23,21(25)26)20(17-8-4-6-10-19(17)28-2)16-11-15-7-3-5-9-18(15)24-12-16/h3-12,20H,14H2,1-2H3,(H,25,26)/t20-,22+/m1/s1. The Morgan fingerprint density at radius 1 is 1.21 bits per heavy atom. The monoisotopic (exact) mass is 376 g/mol. The fourth-order valence-electron chi connectivity index (χ4n) is 3.52. The number of carbonyl (C=O) groups is 1. The van der Waals surface area contributed by atoms with Gasteiger partial charge in [0.2, 0.25) is 0 Å². The van der Waals surface area contributed by atoms with E-state index in [-0.39, 0.29) is 6.61 Å². The number of hydrogen-bond donors (Lipinski definition) is 1. The molecule has 6 nitrogen and oxygen atoms in total. The number of aliphatic carboxylic acids is 1. The Hall–Kier alpha value is -3.43. The number of nitrogens with zero attached hydrogens (tertiary/aromatic N) is 2. The van der Waals surface area contributed by atoms with Gasteiger partial charge in [0.1, 0.15) is 5.75 Å². The molecule has 0 aliphatic carbocycles. The first-order chi connectivity index (χ1) is 13.6. The van der Waals surface area contributed by atoms with Crippen LogP contribution in [-0.4, -0.2) is 36.9 Å². The van der Waals surface area contributed by atoms with Gasteiger partial charge in [0.15, 0.2) is 5.41 Å². The van der Waals surface area contributed by atoms with Gasteiger partial charge >= 0.3 is 5.97 Å². The van der Waals surface area contributed by atoms with Crippen molar-refractivity contribution in [3.8, 4) is 11.8 Å². The highest BCUT2D eigenvalue weighted by Crippen LogP contribution is 2.45. The summed E-state index contributed by atoms with van der Waals surface area (Å²) >= 11 is 0. The fourth-order valence-corrected chi connectivity index (χ4v) is 3.52. The second kappa shape index (κ2) is 8.07. The number of aromatic nitrogens is 1. The molecule has 0 fully saturated rings. The Balaban J connectivity index is 2.32. The van der Waals surface area contributed by atoms with E-state index in [2.05, 4.69) is 4.98 Å². The zero-order chi connectivity index (χ0) is 20.1. The third-order valence-corrected chi connectivity index (χ3v) is 4.84. The van der Waals surface area contributed by atoms with E-state index < -0.39 is 17.3 Å². The van der Waals surface area contributed by atoms with E-state index in [4.69, 9.17) is 9.47 Å². The van der Waals surface area contributed by atoms with Gasteiger partial charge in [-0.3, -0.25) is 9.78 Å². The predicted octanol–water partition coefficient (Wildman–Crippen LogP) is 3.62. The quantitative estimate of drug-likeness (QED) is 0.677. The number of para-hydroxylation sites is 2. The van der Waals surface area contributed by atoms with Gasteiger partial charge in [-0.25, -0.2) is 0 Å². The maximum Gasteiger partial charge on any atom is 0.327 e. The van der Waals surface area contributed by atoms with Crippen LogP contribution in [0, 0.1) is 16.7 Å². The van der Waals surface area contributed by atoms with Crippen molar-refractivity contribution in [2.45, 2.75) is 5.92 Å². The summed E-state index contributed by atoms with van der Waals surface area (Å²) in [5.41, 5.74) is 0.120. The minimum absolute atomic E-state index is 0.283. The van der Waals surface area contributed by atoms with Gasteiger partial charge in [0.05, 0.1) is 25.3 Å². The molecule has 0 spiro atoms. The molecular formula is C22H20N2O4. The number of methoxy groups -OCH3 is 2. The van der Waals surface area contributed by atoms with E-state index in [1.807, 2.05) is 36.4 Å². The summed E-state index contributed by atoms with van der Waals surface area (Å²) in [4.78, 5) is 16.8. The van der Waals surface area contributed by atoms with Crippen molar-refractivity contribution in [3.05, 3.63) is 71.9 Å². The van der Waals surface area contributed by atoms with Crippen molar-refractivity contribution in [3.63, 3.8) is 0 Å². The van der Waals surface area contributed by atoms with Gasteiger partial charge in [-0.2, -0.15) is 5.26 Å². The third kappa shape index (κ3) is 3.28. The van der Waals surface area contributed by atoms with Crippen molar-refractivity contribution in [2.75, 3.05) is 20.8 Å². The molecule has 142 valence electrons. The summed E-state index contributed by atoms with van der Waals surface area (Å²) < 4.78 is 10.6. The van der Waals surface area contributed by atoms with Gasteiger partial charge < -0.3 is 14.6 Å². The number of nitriles is 1.